The fourth-order valence-electron chi connectivity index (χ4n) is 2.37. The van der Waals surface area contributed by atoms with Crippen LogP contribution in [-0.4, -0.2) is 34.5 Å². The minimum Gasteiger partial charge on any atom is -0.160 e. The lowest BCUT2D eigenvalue weighted by molar-refractivity contribution is 0.860. The van der Waals surface area contributed by atoms with Crippen molar-refractivity contribution in [3.05, 3.63) is 72.8 Å². The van der Waals surface area contributed by atoms with Gasteiger partial charge in [0.1, 0.15) is 0 Å². The summed E-state index contributed by atoms with van der Waals surface area (Å²) >= 11 is 8.10. The Labute approximate surface area is 176 Å². The first kappa shape index (κ1) is 21.9. The minimum absolute atomic E-state index is 0.693. The van der Waals surface area contributed by atoms with Gasteiger partial charge in [0, 0.05) is 44.3 Å². The third-order valence-electron chi connectivity index (χ3n) is 3.61. The lowest BCUT2D eigenvalue weighted by atomic mass is 10.2. The SMILES string of the molecule is CC=CC(CSCCSc1ccccc1)CSCCSc1ccccc1. The van der Waals surface area contributed by atoms with Crippen LogP contribution in [0.15, 0.2) is 82.6 Å². The Morgan fingerprint density at radius 3 is 1.58 bits per heavy atom. The molecule has 0 saturated carbocycles. The molecule has 0 heterocycles. The van der Waals surface area contributed by atoms with E-state index in [2.05, 4.69) is 103 Å². The van der Waals surface area contributed by atoms with Crippen LogP contribution in [0.4, 0.5) is 0 Å². The zero-order valence-corrected chi connectivity index (χ0v) is 18.6. The van der Waals surface area contributed by atoms with Crippen molar-refractivity contribution in [2.75, 3.05) is 34.5 Å². The molecule has 4 heteroatoms. The van der Waals surface area contributed by atoms with E-state index in [4.69, 9.17) is 0 Å². The van der Waals surface area contributed by atoms with Crippen molar-refractivity contribution in [2.24, 2.45) is 5.92 Å². The van der Waals surface area contributed by atoms with Crippen molar-refractivity contribution in [3.63, 3.8) is 0 Å². The number of hydrogen-bond acceptors (Lipinski definition) is 4. The lowest BCUT2D eigenvalue weighted by Crippen LogP contribution is -2.06. The van der Waals surface area contributed by atoms with Gasteiger partial charge in [0.2, 0.25) is 0 Å². The smallest absolute Gasteiger partial charge is 0.00722 e. The molecule has 0 fully saturated rings. The van der Waals surface area contributed by atoms with E-state index in [1.807, 2.05) is 23.5 Å². The highest BCUT2D eigenvalue weighted by molar-refractivity contribution is 8.03. The molecular weight excluding hydrogens is 393 g/mol. The molecule has 0 bridgehead atoms. The summed E-state index contributed by atoms with van der Waals surface area (Å²) in [7, 11) is 0. The Balaban J connectivity index is 1.53. The summed E-state index contributed by atoms with van der Waals surface area (Å²) < 4.78 is 0. The maximum atomic E-state index is 2.38. The van der Waals surface area contributed by atoms with E-state index in [1.54, 1.807) is 0 Å². The highest BCUT2D eigenvalue weighted by Crippen LogP contribution is 2.22. The van der Waals surface area contributed by atoms with Crippen molar-refractivity contribution < 1.29 is 0 Å². The average molecular weight is 421 g/mol. The van der Waals surface area contributed by atoms with Crippen molar-refractivity contribution in [2.45, 2.75) is 16.7 Å². The molecule has 26 heavy (non-hydrogen) atoms. The van der Waals surface area contributed by atoms with Gasteiger partial charge in [-0.3, -0.25) is 0 Å². The topological polar surface area (TPSA) is 0 Å². The van der Waals surface area contributed by atoms with Gasteiger partial charge in [0.05, 0.1) is 0 Å². The van der Waals surface area contributed by atoms with Crippen LogP contribution in [-0.2, 0) is 0 Å². The van der Waals surface area contributed by atoms with E-state index in [0.717, 1.165) is 0 Å². The summed E-state index contributed by atoms with van der Waals surface area (Å²) in [6.07, 6.45) is 4.60. The number of allylic oxidation sites excluding steroid dienone is 2. The fourth-order valence-corrected chi connectivity index (χ4v) is 6.70. The highest BCUT2D eigenvalue weighted by atomic mass is 32.2. The summed E-state index contributed by atoms with van der Waals surface area (Å²) in [5.74, 6) is 8.00. The summed E-state index contributed by atoms with van der Waals surface area (Å²) in [6.45, 7) is 2.14. The third kappa shape index (κ3) is 10.1. The van der Waals surface area contributed by atoms with Crippen LogP contribution < -0.4 is 0 Å². The molecule has 2 aromatic rings. The van der Waals surface area contributed by atoms with Gasteiger partial charge < -0.3 is 0 Å². The second kappa shape index (κ2) is 14.6. The van der Waals surface area contributed by atoms with E-state index in [1.165, 1.54) is 44.3 Å². The summed E-state index contributed by atoms with van der Waals surface area (Å²) in [4.78, 5) is 2.76. The molecule has 0 N–H and O–H groups in total. The monoisotopic (exact) mass is 420 g/mol. The third-order valence-corrected chi connectivity index (χ3v) is 8.47. The lowest BCUT2D eigenvalue weighted by Gasteiger charge is -2.12. The summed E-state index contributed by atoms with van der Waals surface area (Å²) in [5.41, 5.74) is 0. The molecular formula is C22H28S4. The number of thioether (sulfide) groups is 4. The van der Waals surface area contributed by atoms with Gasteiger partial charge in [-0.25, -0.2) is 0 Å². The molecule has 0 radical (unpaired) electrons. The number of rotatable bonds is 13. The maximum Gasteiger partial charge on any atom is 0.00722 e. The van der Waals surface area contributed by atoms with Crippen LogP contribution in [0.3, 0.4) is 0 Å². The van der Waals surface area contributed by atoms with Crippen LogP contribution in [0.2, 0.25) is 0 Å². The second-order valence-corrected chi connectivity index (χ2v) is 10.4. The molecule has 0 saturated heterocycles. The van der Waals surface area contributed by atoms with Crippen molar-refractivity contribution in [1.82, 2.24) is 0 Å². The van der Waals surface area contributed by atoms with Gasteiger partial charge >= 0.3 is 0 Å². The largest absolute Gasteiger partial charge is 0.160 e. The fraction of sp³-hybridized carbons (Fsp3) is 0.364. The molecule has 0 atom stereocenters. The minimum atomic E-state index is 0.693. The first-order chi connectivity index (χ1) is 12.9. The Bertz CT molecular complexity index is 549. The first-order valence-electron chi connectivity index (χ1n) is 9.02. The van der Waals surface area contributed by atoms with Crippen LogP contribution in [0.25, 0.3) is 0 Å². The summed E-state index contributed by atoms with van der Waals surface area (Å²) in [5, 5.41) is 0. The van der Waals surface area contributed by atoms with Gasteiger partial charge in [-0.2, -0.15) is 23.5 Å². The maximum absolute atomic E-state index is 2.38. The molecule has 2 aromatic carbocycles. The van der Waals surface area contributed by atoms with Gasteiger partial charge in [-0.1, -0.05) is 48.6 Å². The van der Waals surface area contributed by atoms with Crippen molar-refractivity contribution in [1.29, 1.82) is 0 Å². The van der Waals surface area contributed by atoms with Gasteiger partial charge in [0.25, 0.3) is 0 Å². The van der Waals surface area contributed by atoms with E-state index >= 15 is 0 Å². The Morgan fingerprint density at radius 2 is 1.15 bits per heavy atom. The molecule has 0 spiro atoms. The molecule has 0 aliphatic rings. The molecule has 2 rings (SSSR count). The molecule has 0 amide bonds. The van der Waals surface area contributed by atoms with Gasteiger partial charge in [-0.15, -0.1) is 23.5 Å². The predicted molar refractivity (Wildman–Crippen MR) is 127 cm³/mol. The summed E-state index contributed by atoms with van der Waals surface area (Å²) in [6, 6.07) is 21.4. The highest BCUT2D eigenvalue weighted by Gasteiger charge is 2.05. The molecule has 0 aliphatic carbocycles. The standard InChI is InChI=1S/C22H28S4/c1-2-9-20(18-23-14-16-25-21-10-5-3-6-11-21)19-24-15-17-26-22-12-7-4-8-13-22/h2-13,20H,14-19H2,1H3. The Kier molecular flexibility index (Phi) is 12.3. The molecule has 0 unspecified atom stereocenters. The molecule has 140 valence electrons. The van der Waals surface area contributed by atoms with Crippen LogP contribution in [0, 0.1) is 5.92 Å². The Hall–Kier alpha value is -0.420. The van der Waals surface area contributed by atoms with E-state index in [9.17, 15) is 0 Å². The van der Waals surface area contributed by atoms with Crippen molar-refractivity contribution >= 4 is 47.0 Å². The number of hydrogen-bond donors (Lipinski definition) is 0. The van der Waals surface area contributed by atoms with Gasteiger partial charge in [0.15, 0.2) is 0 Å². The normalized spacial score (nSPS) is 11.5. The first-order valence-corrected chi connectivity index (χ1v) is 13.3. The van der Waals surface area contributed by atoms with E-state index in [-0.39, 0.29) is 0 Å². The van der Waals surface area contributed by atoms with Crippen LogP contribution in [0.5, 0.6) is 0 Å². The number of benzene rings is 2. The zero-order chi connectivity index (χ0) is 18.3. The quantitative estimate of drug-likeness (QED) is 0.190. The van der Waals surface area contributed by atoms with Gasteiger partial charge in [-0.05, 0) is 37.1 Å². The zero-order valence-electron chi connectivity index (χ0n) is 15.4. The van der Waals surface area contributed by atoms with Crippen LogP contribution in [0.1, 0.15) is 6.92 Å². The Morgan fingerprint density at radius 1 is 0.692 bits per heavy atom. The molecule has 0 aliphatic heterocycles. The average Bonchev–Trinajstić information content (AvgIpc) is 2.69. The predicted octanol–water partition coefficient (Wildman–Crippen LogP) is 7.23. The second-order valence-electron chi connectivity index (χ2n) is 5.76. The molecule has 0 nitrogen and oxygen atoms in total. The van der Waals surface area contributed by atoms with E-state index < -0.39 is 0 Å². The molecule has 0 aromatic heterocycles. The van der Waals surface area contributed by atoms with Crippen LogP contribution >= 0.6 is 47.0 Å². The van der Waals surface area contributed by atoms with Crippen molar-refractivity contribution in [3.8, 4) is 0 Å². The van der Waals surface area contributed by atoms with E-state index in [0.29, 0.717) is 5.92 Å².